The Hall–Kier alpha value is -4.80. The number of halogens is 1. The molecule has 0 atom stereocenters. The summed E-state index contributed by atoms with van der Waals surface area (Å²) in [5, 5.41) is 0. The van der Waals surface area contributed by atoms with Gasteiger partial charge in [0.15, 0.2) is 16.9 Å². The molecule has 5 aromatic rings. The van der Waals surface area contributed by atoms with E-state index in [1.165, 1.54) is 40.8 Å². The SMILES string of the molecule is COC(=O)c1coc(Cn2cnc3c2c(=O)n(Cc2ccccc2)c(=O)n3-c2cccc(F)c2)n1. The van der Waals surface area contributed by atoms with E-state index in [4.69, 9.17) is 4.42 Å². The first-order chi connectivity index (χ1) is 17.0. The maximum Gasteiger partial charge on any atom is 0.360 e. The summed E-state index contributed by atoms with van der Waals surface area (Å²) in [7, 11) is 1.22. The highest BCUT2D eigenvalue weighted by Crippen LogP contribution is 2.16. The van der Waals surface area contributed by atoms with Crippen molar-refractivity contribution in [1.82, 2.24) is 23.7 Å². The summed E-state index contributed by atoms with van der Waals surface area (Å²) < 4.78 is 27.7. The van der Waals surface area contributed by atoms with Crippen molar-refractivity contribution < 1.29 is 18.3 Å². The van der Waals surface area contributed by atoms with Gasteiger partial charge in [0, 0.05) is 0 Å². The second-order valence-corrected chi connectivity index (χ2v) is 7.64. The molecule has 2 aromatic carbocycles. The lowest BCUT2D eigenvalue weighted by Crippen LogP contribution is -2.40. The summed E-state index contributed by atoms with van der Waals surface area (Å²) in [5.74, 6) is -1.08. The van der Waals surface area contributed by atoms with Gasteiger partial charge >= 0.3 is 11.7 Å². The van der Waals surface area contributed by atoms with Crippen molar-refractivity contribution in [2.75, 3.05) is 7.11 Å². The first-order valence-electron chi connectivity index (χ1n) is 10.5. The molecule has 11 heteroatoms. The van der Waals surface area contributed by atoms with Crippen LogP contribution in [0, 0.1) is 5.82 Å². The Morgan fingerprint density at radius 2 is 1.89 bits per heavy atom. The summed E-state index contributed by atoms with van der Waals surface area (Å²) >= 11 is 0. The normalized spacial score (nSPS) is 11.1. The zero-order valence-corrected chi connectivity index (χ0v) is 18.4. The molecule has 0 radical (unpaired) electrons. The van der Waals surface area contributed by atoms with Crippen LogP contribution in [0.3, 0.4) is 0 Å². The van der Waals surface area contributed by atoms with E-state index in [0.29, 0.717) is 0 Å². The van der Waals surface area contributed by atoms with E-state index in [2.05, 4.69) is 14.7 Å². The predicted octanol–water partition coefficient (Wildman–Crippen LogP) is 2.36. The number of aromatic nitrogens is 5. The zero-order valence-electron chi connectivity index (χ0n) is 18.4. The Bertz CT molecular complexity index is 1670. The fourth-order valence-electron chi connectivity index (χ4n) is 3.78. The summed E-state index contributed by atoms with van der Waals surface area (Å²) in [6, 6.07) is 14.5. The second kappa shape index (κ2) is 8.86. The molecule has 0 fully saturated rings. The van der Waals surface area contributed by atoms with E-state index in [1.807, 2.05) is 6.07 Å². The average Bonchev–Trinajstić information content (AvgIpc) is 3.50. The number of methoxy groups -OCH3 is 1. The third-order valence-corrected chi connectivity index (χ3v) is 5.40. The zero-order chi connectivity index (χ0) is 24.5. The molecule has 5 rings (SSSR count). The van der Waals surface area contributed by atoms with Crippen molar-refractivity contribution in [2.24, 2.45) is 0 Å². The minimum atomic E-state index is -0.666. The smallest absolute Gasteiger partial charge is 0.360 e. The monoisotopic (exact) mass is 475 g/mol. The van der Waals surface area contributed by atoms with Crippen LogP contribution >= 0.6 is 0 Å². The molecular weight excluding hydrogens is 457 g/mol. The van der Waals surface area contributed by atoms with Gasteiger partial charge in [-0.1, -0.05) is 36.4 Å². The third kappa shape index (κ3) is 4.03. The largest absolute Gasteiger partial charge is 0.464 e. The number of carbonyl (C=O) groups is 1. The van der Waals surface area contributed by atoms with Crippen molar-refractivity contribution in [2.45, 2.75) is 13.1 Å². The van der Waals surface area contributed by atoms with Crippen LogP contribution < -0.4 is 11.2 Å². The molecule has 3 heterocycles. The Kier molecular flexibility index (Phi) is 5.57. The van der Waals surface area contributed by atoms with Gasteiger partial charge < -0.3 is 13.7 Å². The molecule has 0 saturated carbocycles. The highest BCUT2D eigenvalue weighted by Gasteiger charge is 2.21. The van der Waals surface area contributed by atoms with Crippen LogP contribution in [0.5, 0.6) is 0 Å². The Labute approximate surface area is 196 Å². The van der Waals surface area contributed by atoms with Crippen molar-refractivity contribution in [3.05, 3.63) is 111 Å². The van der Waals surface area contributed by atoms with E-state index < -0.39 is 23.0 Å². The van der Waals surface area contributed by atoms with Gasteiger partial charge in [-0.3, -0.25) is 9.36 Å². The van der Waals surface area contributed by atoms with E-state index in [-0.39, 0.29) is 41.5 Å². The number of hydrogen-bond acceptors (Lipinski definition) is 7. The van der Waals surface area contributed by atoms with Gasteiger partial charge in [0.25, 0.3) is 5.56 Å². The maximum absolute atomic E-state index is 14.0. The summed E-state index contributed by atoms with van der Waals surface area (Å²) in [6.45, 7) is -0.0458. The van der Waals surface area contributed by atoms with Gasteiger partial charge in [0.2, 0.25) is 5.89 Å². The molecule has 10 nitrogen and oxygen atoms in total. The first-order valence-corrected chi connectivity index (χ1v) is 10.5. The lowest BCUT2D eigenvalue weighted by molar-refractivity contribution is 0.0594. The standard InChI is InChI=1S/C24H18FN5O5/c1-34-23(32)18-13-35-19(27-18)12-28-14-26-21-20(28)22(31)29(11-15-6-3-2-4-7-15)24(33)30(21)17-9-5-8-16(25)10-17/h2-10,13-14H,11-12H2,1H3. The van der Waals surface area contributed by atoms with E-state index in [0.717, 1.165) is 16.4 Å². The van der Waals surface area contributed by atoms with E-state index >= 15 is 0 Å². The van der Waals surface area contributed by atoms with Crippen LogP contribution in [0.4, 0.5) is 4.39 Å². The molecule has 0 aliphatic heterocycles. The fourth-order valence-corrected chi connectivity index (χ4v) is 3.78. The molecule has 0 spiro atoms. The van der Waals surface area contributed by atoms with Crippen LogP contribution in [0.15, 0.2) is 81.2 Å². The van der Waals surface area contributed by atoms with Crippen molar-refractivity contribution in [1.29, 1.82) is 0 Å². The maximum atomic E-state index is 14.0. The number of rotatable bonds is 6. The molecule has 0 saturated heterocycles. The van der Waals surface area contributed by atoms with E-state index in [9.17, 15) is 18.8 Å². The minimum absolute atomic E-state index is 0.000430. The van der Waals surface area contributed by atoms with E-state index in [1.54, 1.807) is 30.3 Å². The molecule has 35 heavy (non-hydrogen) atoms. The molecule has 0 aliphatic carbocycles. The van der Waals surface area contributed by atoms with Gasteiger partial charge in [-0.05, 0) is 23.8 Å². The van der Waals surface area contributed by atoms with Crippen LogP contribution in [0.1, 0.15) is 21.9 Å². The average molecular weight is 475 g/mol. The van der Waals surface area contributed by atoms with Crippen molar-refractivity contribution in [3.63, 3.8) is 0 Å². The number of fused-ring (bicyclic) bond motifs is 1. The Morgan fingerprint density at radius 1 is 1.09 bits per heavy atom. The van der Waals surface area contributed by atoms with Crippen molar-refractivity contribution >= 4 is 17.1 Å². The van der Waals surface area contributed by atoms with Gasteiger partial charge in [-0.15, -0.1) is 0 Å². The summed E-state index contributed by atoms with van der Waals surface area (Å²) in [6.07, 6.45) is 2.51. The number of esters is 1. The van der Waals surface area contributed by atoms with Gasteiger partial charge in [-0.25, -0.2) is 28.5 Å². The number of oxazole rings is 1. The third-order valence-electron chi connectivity index (χ3n) is 5.40. The molecule has 0 bridgehead atoms. The number of ether oxygens (including phenoxy) is 1. The summed E-state index contributed by atoms with van der Waals surface area (Å²) in [4.78, 5) is 47.0. The fraction of sp³-hybridized carbons (Fsp3) is 0.125. The van der Waals surface area contributed by atoms with Gasteiger partial charge in [0.1, 0.15) is 18.6 Å². The summed E-state index contributed by atoms with van der Waals surface area (Å²) in [5.41, 5.74) is -0.179. The molecule has 0 unspecified atom stereocenters. The minimum Gasteiger partial charge on any atom is -0.464 e. The number of carbonyl (C=O) groups excluding carboxylic acids is 1. The lowest BCUT2D eigenvalue weighted by atomic mass is 10.2. The quantitative estimate of drug-likeness (QED) is 0.346. The lowest BCUT2D eigenvalue weighted by Gasteiger charge is -2.12. The topological polar surface area (TPSA) is 114 Å². The van der Waals surface area contributed by atoms with Crippen molar-refractivity contribution in [3.8, 4) is 5.69 Å². The highest BCUT2D eigenvalue weighted by atomic mass is 19.1. The first kappa shape index (κ1) is 22.0. The van der Waals surface area contributed by atoms with Gasteiger partial charge in [0.05, 0.1) is 25.7 Å². The Morgan fingerprint density at radius 3 is 2.63 bits per heavy atom. The molecule has 176 valence electrons. The van der Waals surface area contributed by atoms with Crippen LogP contribution in [0.2, 0.25) is 0 Å². The molecule has 0 amide bonds. The predicted molar refractivity (Wildman–Crippen MR) is 122 cm³/mol. The highest BCUT2D eigenvalue weighted by molar-refractivity contribution is 5.86. The number of benzene rings is 2. The van der Waals surface area contributed by atoms with Crippen LogP contribution in [-0.2, 0) is 17.8 Å². The van der Waals surface area contributed by atoms with Crippen LogP contribution in [-0.4, -0.2) is 36.7 Å². The number of nitrogens with zero attached hydrogens (tertiary/aromatic N) is 5. The van der Waals surface area contributed by atoms with Gasteiger partial charge in [-0.2, -0.15) is 0 Å². The number of imidazole rings is 1. The van der Waals surface area contributed by atoms with Crippen LogP contribution in [0.25, 0.3) is 16.9 Å². The number of hydrogen-bond donors (Lipinski definition) is 0. The molecule has 0 N–H and O–H groups in total. The molecular formula is C24H18FN5O5. The Balaban J connectivity index is 1.71. The second-order valence-electron chi connectivity index (χ2n) is 7.64. The molecule has 3 aromatic heterocycles. The molecule has 0 aliphatic rings.